The highest BCUT2D eigenvalue weighted by Gasteiger charge is 2.06. The monoisotopic (exact) mass is 169 g/mol. The number of rotatable bonds is 3. The van der Waals surface area contributed by atoms with Crippen LogP contribution >= 0.6 is 11.3 Å². The molecular formula is C9H15NS. The maximum atomic E-state index is 3.40. The highest BCUT2D eigenvalue weighted by molar-refractivity contribution is 7.10. The number of nitrogens with one attached hydrogen (secondary N) is 1. The zero-order valence-electron chi connectivity index (χ0n) is 7.35. The van der Waals surface area contributed by atoms with Gasteiger partial charge in [-0.15, -0.1) is 11.3 Å². The molecule has 0 saturated carbocycles. The molecule has 0 bridgehead atoms. The molecule has 0 fully saturated rings. The molecule has 1 aromatic rings. The largest absolute Gasteiger partial charge is 0.310 e. The fraction of sp³-hybridized carbons (Fsp3) is 0.556. The van der Waals surface area contributed by atoms with E-state index in [0.717, 1.165) is 6.54 Å². The molecule has 0 spiro atoms. The van der Waals surface area contributed by atoms with Crippen LogP contribution in [0.2, 0.25) is 0 Å². The van der Waals surface area contributed by atoms with E-state index < -0.39 is 0 Å². The minimum Gasteiger partial charge on any atom is -0.310 e. The van der Waals surface area contributed by atoms with Gasteiger partial charge in [-0.2, -0.15) is 0 Å². The van der Waals surface area contributed by atoms with Gasteiger partial charge in [-0.3, -0.25) is 0 Å². The van der Waals surface area contributed by atoms with E-state index in [1.165, 1.54) is 10.4 Å². The van der Waals surface area contributed by atoms with Crippen LogP contribution in [0.25, 0.3) is 0 Å². The van der Waals surface area contributed by atoms with E-state index in [0.29, 0.717) is 6.04 Å². The standard InChI is InChI=1S/C9H15NS/c1-4-10-8(3)9-7(2)5-6-11-9/h5-6,8,10H,4H2,1-3H3. The molecule has 2 heteroatoms. The smallest absolute Gasteiger partial charge is 0.0388 e. The Morgan fingerprint density at radius 2 is 2.36 bits per heavy atom. The van der Waals surface area contributed by atoms with Gasteiger partial charge in [0.1, 0.15) is 0 Å². The van der Waals surface area contributed by atoms with E-state index in [9.17, 15) is 0 Å². The average Bonchev–Trinajstić information content (AvgIpc) is 2.36. The number of aryl methyl sites for hydroxylation is 1. The van der Waals surface area contributed by atoms with Crippen LogP contribution in [0.15, 0.2) is 11.4 Å². The topological polar surface area (TPSA) is 12.0 Å². The quantitative estimate of drug-likeness (QED) is 0.733. The number of thiophene rings is 1. The molecule has 1 unspecified atom stereocenters. The Hall–Kier alpha value is -0.340. The van der Waals surface area contributed by atoms with Crippen molar-refractivity contribution in [1.82, 2.24) is 5.32 Å². The van der Waals surface area contributed by atoms with Crippen molar-refractivity contribution < 1.29 is 0 Å². The molecule has 1 rings (SSSR count). The van der Waals surface area contributed by atoms with Gasteiger partial charge < -0.3 is 5.32 Å². The van der Waals surface area contributed by atoms with E-state index in [2.05, 4.69) is 37.5 Å². The van der Waals surface area contributed by atoms with Gasteiger partial charge in [0, 0.05) is 10.9 Å². The van der Waals surface area contributed by atoms with Crippen LogP contribution in [0.5, 0.6) is 0 Å². The first-order valence-corrected chi connectivity index (χ1v) is 4.91. The second kappa shape index (κ2) is 3.88. The summed E-state index contributed by atoms with van der Waals surface area (Å²) in [6, 6.07) is 2.69. The molecule has 0 radical (unpaired) electrons. The SMILES string of the molecule is CCNC(C)c1sccc1C. The van der Waals surface area contributed by atoms with Gasteiger partial charge in [0.25, 0.3) is 0 Å². The molecule has 1 aromatic heterocycles. The molecule has 1 atom stereocenters. The summed E-state index contributed by atoms with van der Waals surface area (Å²) in [6.07, 6.45) is 0. The fourth-order valence-electron chi connectivity index (χ4n) is 1.23. The maximum absolute atomic E-state index is 3.40. The maximum Gasteiger partial charge on any atom is 0.0388 e. The Balaban J connectivity index is 2.67. The molecule has 1 heterocycles. The molecule has 1 N–H and O–H groups in total. The van der Waals surface area contributed by atoms with E-state index in [1.54, 1.807) is 0 Å². The van der Waals surface area contributed by atoms with Crippen LogP contribution < -0.4 is 5.32 Å². The lowest BCUT2D eigenvalue weighted by Crippen LogP contribution is -2.17. The average molecular weight is 169 g/mol. The second-order valence-corrected chi connectivity index (χ2v) is 3.69. The van der Waals surface area contributed by atoms with E-state index >= 15 is 0 Å². The molecule has 0 aromatic carbocycles. The zero-order valence-corrected chi connectivity index (χ0v) is 8.16. The molecule has 0 aliphatic carbocycles. The number of hydrogen-bond acceptors (Lipinski definition) is 2. The normalized spacial score (nSPS) is 13.4. The predicted octanol–water partition coefficient (Wildman–Crippen LogP) is 2.73. The van der Waals surface area contributed by atoms with Crippen molar-refractivity contribution in [3.05, 3.63) is 21.9 Å². The van der Waals surface area contributed by atoms with Crippen LogP contribution in [0, 0.1) is 6.92 Å². The zero-order chi connectivity index (χ0) is 8.27. The first kappa shape index (κ1) is 8.75. The van der Waals surface area contributed by atoms with Gasteiger partial charge in [-0.25, -0.2) is 0 Å². The van der Waals surface area contributed by atoms with Crippen molar-refractivity contribution in [2.75, 3.05) is 6.54 Å². The summed E-state index contributed by atoms with van der Waals surface area (Å²) in [5.74, 6) is 0. The first-order chi connectivity index (χ1) is 5.25. The van der Waals surface area contributed by atoms with Crippen LogP contribution in [-0.4, -0.2) is 6.54 Å². The first-order valence-electron chi connectivity index (χ1n) is 4.03. The lowest BCUT2D eigenvalue weighted by molar-refractivity contribution is 0.605. The number of hydrogen-bond donors (Lipinski definition) is 1. The molecule has 0 aliphatic rings. The predicted molar refractivity (Wildman–Crippen MR) is 51.1 cm³/mol. The highest BCUT2D eigenvalue weighted by Crippen LogP contribution is 2.22. The van der Waals surface area contributed by atoms with Crippen molar-refractivity contribution in [2.24, 2.45) is 0 Å². The third-order valence-corrected chi connectivity index (χ3v) is 3.01. The van der Waals surface area contributed by atoms with Gasteiger partial charge in [0.05, 0.1) is 0 Å². The molecular weight excluding hydrogens is 154 g/mol. The van der Waals surface area contributed by atoms with E-state index in [1.807, 2.05) is 11.3 Å². The summed E-state index contributed by atoms with van der Waals surface area (Å²) < 4.78 is 0. The van der Waals surface area contributed by atoms with Crippen LogP contribution in [0.4, 0.5) is 0 Å². The highest BCUT2D eigenvalue weighted by atomic mass is 32.1. The van der Waals surface area contributed by atoms with Gasteiger partial charge in [0.15, 0.2) is 0 Å². The lowest BCUT2D eigenvalue weighted by atomic mass is 10.2. The third kappa shape index (κ3) is 2.04. The summed E-state index contributed by atoms with van der Waals surface area (Å²) in [6.45, 7) is 7.56. The summed E-state index contributed by atoms with van der Waals surface area (Å²) in [7, 11) is 0. The fourth-order valence-corrected chi connectivity index (χ4v) is 2.19. The summed E-state index contributed by atoms with van der Waals surface area (Å²) in [4.78, 5) is 1.46. The summed E-state index contributed by atoms with van der Waals surface area (Å²) in [5, 5.41) is 5.55. The molecule has 1 nitrogen and oxygen atoms in total. The minimum absolute atomic E-state index is 0.514. The molecule has 0 aliphatic heterocycles. The molecule has 11 heavy (non-hydrogen) atoms. The Labute approximate surface area is 72.4 Å². The van der Waals surface area contributed by atoms with Gasteiger partial charge in [-0.1, -0.05) is 6.92 Å². The van der Waals surface area contributed by atoms with Crippen molar-refractivity contribution in [2.45, 2.75) is 26.8 Å². The Morgan fingerprint density at radius 1 is 1.64 bits per heavy atom. The Kier molecular flexibility index (Phi) is 3.09. The van der Waals surface area contributed by atoms with Crippen LogP contribution in [0.3, 0.4) is 0 Å². The van der Waals surface area contributed by atoms with Crippen molar-refractivity contribution >= 4 is 11.3 Å². The van der Waals surface area contributed by atoms with Gasteiger partial charge in [0.2, 0.25) is 0 Å². The Morgan fingerprint density at radius 3 is 2.82 bits per heavy atom. The van der Waals surface area contributed by atoms with Crippen molar-refractivity contribution in [3.63, 3.8) is 0 Å². The van der Waals surface area contributed by atoms with E-state index in [-0.39, 0.29) is 0 Å². The van der Waals surface area contributed by atoms with Gasteiger partial charge in [-0.05, 0) is 37.4 Å². The second-order valence-electron chi connectivity index (χ2n) is 2.75. The lowest BCUT2D eigenvalue weighted by Gasteiger charge is -2.10. The van der Waals surface area contributed by atoms with Crippen LogP contribution in [-0.2, 0) is 0 Å². The van der Waals surface area contributed by atoms with Gasteiger partial charge >= 0.3 is 0 Å². The molecule has 0 amide bonds. The molecule has 62 valence electrons. The minimum atomic E-state index is 0.514. The van der Waals surface area contributed by atoms with Crippen LogP contribution in [0.1, 0.15) is 30.3 Å². The summed E-state index contributed by atoms with van der Waals surface area (Å²) in [5.41, 5.74) is 1.41. The third-order valence-electron chi connectivity index (χ3n) is 1.81. The van der Waals surface area contributed by atoms with E-state index in [4.69, 9.17) is 0 Å². The van der Waals surface area contributed by atoms with Crippen molar-refractivity contribution in [3.8, 4) is 0 Å². The van der Waals surface area contributed by atoms with Crippen molar-refractivity contribution in [1.29, 1.82) is 0 Å². The Bertz CT molecular complexity index is 217. The molecule has 0 saturated heterocycles. The summed E-state index contributed by atoms with van der Waals surface area (Å²) >= 11 is 1.84.